The van der Waals surface area contributed by atoms with Crippen molar-refractivity contribution in [2.75, 3.05) is 31.6 Å². The van der Waals surface area contributed by atoms with Gasteiger partial charge in [0.2, 0.25) is 5.91 Å². The van der Waals surface area contributed by atoms with Crippen LogP contribution in [0.3, 0.4) is 0 Å². The second-order valence-electron chi connectivity index (χ2n) is 8.96. The molecule has 1 fully saturated rings. The van der Waals surface area contributed by atoms with Crippen LogP contribution in [0.2, 0.25) is 0 Å². The van der Waals surface area contributed by atoms with Gasteiger partial charge in [0.1, 0.15) is 0 Å². The van der Waals surface area contributed by atoms with Gasteiger partial charge in [0.15, 0.2) is 0 Å². The Balaban J connectivity index is 1.29. The summed E-state index contributed by atoms with van der Waals surface area (Å²) in [5.41, 5.74) is 4.42. The summed E-state index contributed by atoms with van der Waals surface area (Å²) in [6, 6.07) is 13.5. The number of imide groups is 1. The van der Waals surface area contributed by atoms with Gasteiger partial charge >= 0.3 is 0 Å². The fraction of sp³-hybridized carbons (Fsp3) is 0.400. The van der Waals surface area contributed by atoms with E-state index in [4.69, 9.17) is 0 Å². The van der Waals surface area contributed by atoms with E-state index in [0.29, 0.717) is 29.9 Å². The number of anilines is 1. The summed E-state index contributed by atoms with van der Waals surface area (Å²) in [7, 11) is 2.14. The summed E-state index contributed by atoms with van der Waals surface area (Å²) in [6.07, 6.45) is 1.75. The standard InChI is InChI=1S/C25H27N3O3/c1-16-9-10-21-19(14-16)20-15-26(2)13-11-22(20)28(21)23(29)8-5-12-27-24(30)17-6-3-4-7-18(17)25(27)31/h3-4,6-7,9-10,14,20,22H,5,8,11-13,15H2,1-2H3/t20-,22-/m0/s1. The molecule has 5 rings (SSSR count). The number of hydrogen-bond donors (Lipinski definition) is 0. The van der Waals surface area contributed by atoms with Crippen molar-refractivity contribution in [3.8, 4) is 0 Å². The summed E-state index contributed by atoms with van der Waals surface area (Å²) in [5, 5.41) is 0. The van der Waals surface area contributed by atoms with Crippen LogP contribution in [-0.2, 0) is 4.79 Å². The number of piperidine rings is 1. The van der Waals surface area contributed by atoms with Crippen LogP contribution in [-0.4, -0.2) is 60.2 Å². The molecule has 0 aliphatic carbocycles. The van der Waals surface area contributed by atoms with Gasteiger partial charge in [-0.3, -0.25) is 19.3 Å². The first-order chi connectivity index (χ1) is 15.0. The van der Waals surface area contributed by atoms with Crippen molar-refractivity contribution >= 4 is 23.4 Å². The highest BCUT2D eigenvalue weighted by Crippen LogP contribution is 2.45. The van der Waals surface area contributed by atoms with E-state index in [2.05, 4.69) is 37.1 Å². The Hall–Kier alpha value is -2.99. The minimum absolute atomic E-state index is 0.0822. The fourth-order valence-corrected chi connectivity index (χ4v) is 5.36. The highest BCUT2D eigenvalue weighted by Gasteiger charge is 2.43. The van der Waals surface area contributed by atoms with Crippen LogP contribution in [0, 0.1) is 6.92 Å². The Morgan fingerprint density at radius 1 is 1.06 bits per heavy atom. The number of nitrogens with zero attached hydrogens (tertiary/aromatic N) is 3. The molecule has 0 aromatic heterocycles. The highest BCUT2D eigenvalue weighted by atomic mass is 16.2. The van der Waals surface area contributed by atoms with E-state index in [-0.39, 0.29) is 30.3 Å². The quantitative estimate of drug-likeness (QED) is 0.717. The monoisotopic (exact) mass is 417 g/mol. The largest absolute Gasteiger partial charge is 0.308 e. The highest BCUT2D eigenvalue weighted by molar-refractivity contribution is 6.21. The average Bonchev–Trinajstić information content (AvgIpc) is 3.20. The van der Waals surface area contributed by atoms with Gasteiger partial charge in [0, 0.05) is 37.2 Å². The van der Waals surface area contributed by atoms with Crippen molar-refractivity contribution in [3.05, 3.63) is 64.7 Å². The number of benzene rings is 2. The average molecular weight is 418 g/mol. The maximum Gasteiger partial charge on any atom is 0.261 e. The molecule has 0 spiro atoms. The molecule has 6 heteroatoms. The lowest BCUT2D eigenvalue weighted by Gasteiger charge is -2.36. The zero-order valence-electron chi connectivity index (χ0n) is 18.0. The van der Waals surface area contributed by atoms with E-state index in [1.807, 2.05) is 4.90 Å². The van der Waals surface area contributed by atoms with Gasteiger partial charge in [-0.05, 0) is 57.1 Å². The van der Waals surface area contributed by atoms with Crippen LogP contribution in [0.5, 0.6) is 0 Å². The SMILES string of the molecule is Cc1ccc2c(c1)[C@@H]1CN(C)CC[C@@H]1N2C(=O)CCCN1C(=O)c2ccccc2C1=O. The number of carbonyl (C=O) groups excluding carboxylic acids is 3. The van der Waals surface area contributed by atoms with Crippen LogP contribution in [0.25, 0.3) is 0 Å². The molecular weight excluding hydrogens is 390 g/mol. The number of likely N-dealkylation sites (tertiary alicyclic amines) is 1. The zero-order chi connectivity index (χ0) is 21.7. The minimum atomic E-state index is -0.259. The van der Waals surface area contributed by atoms with Gasteiger partial charge in [-0.25, -0.2) is 0 Å². The summed E-state index contributed by atoms with van der Waals surface area (Å²) < 4.78 is 0. The predicted octanol–water partition coefficient (Wildman–Crippen LogP) is 3.21. The van der Waals surface area contributed by atoms with Gasteiger partial charge in [-0.15, -0.1) is 0 Å². The Morgan fingerprint density at radius 2 is 1.77 bits per heavy atom. The lowest BCUT2D eigenvalue weighted by molar-refractivity contribution is -0.119. The van der Waals surface area contributed by atoms with Crippen molar-refractivity contribution in [3.63, 3.8) is 0 Å². The van der Waals surface area contributed by atoms with E-state index < -0.39 is 0 Å². The van der Waals surface area contributed by atoms with Crippen LogP contribution in [0.4, 0.5) is 5.69 Å². The van der Waals surface area contributed by atoms with Crippen molar-refractivity contribution in [2.45, 2.75) is 38.1 Å². The Kier molecular flexibility index (Phi) is 4.89. The van der Waals surface area contributed by atoms with Crippen LogP contribution in [0.1, 0.15) is 57.0 Å². The minimum Gasteiger partial charge on any atom is -0.308 e. The molecule has 3 aliphatic rings. The van der Waals surface area contributed by atoms with Gasteiger partial charge in [-0.2, -0.15) is 0 Å². The third kappa shape index (κ3) is 3.26. The summed E-state index contributed by atoms with van der Waals surface area (Å²) in [5.74, 6) is -0.0940. The van der Waals surface area contributed by atoms with Gasteiger partial charge < -0.3 is 9.80 Å². The second-order valence-corrected chi connectivity index (χ2v) is 8.96. The third-order valence-corrected chi connectivity index (χ3v) is 6.87. The van der Waals surface area contributed by atoms with Crippen molar-refractivity contribution in [1.29, 1.82) is 0 Å². The molecule has 0 saturated carbocycles. The topological polar surface area (TPSA) is 60.9 Å². The number of likely N-dealkylation sites (N-methyl/N-ethyl adjacent to an activating group) is 1. The molecule has 2 aromatic rings. The Bertz CT molecular complexity index is 1040. The van der Waals surface area contributed by atoms with E-state index >= 15 is 0 Å². The van der Waals surface area contributed by atoms with Crippen LogP contribution < -0.4 is 4.90 Å². The normalized spacial score (nSPS) is 22.5. The fourth-order valence-electron chi connectivity index (χ4n) is 5.36. The lowest BCUT2D eigenvalue weighted by Crippen LogP contribution is -2.47. The molecule has 3 heterocycles. The van der Waals surface area contributed by atoms with E-state index in [9.17, 15) is 14.4 Å². The molecule has 0 unspecified atom stereocenters. The van der Waals surface area contributed by atoms with Crippen molar-refractivity contribution < 1.29 is 14.4 Å². The van der Waals surface area contributed by atoms with E-state index in [1.54, 1.807) is 24.3 Å². The van der Waals surface area contributed by atoms with Crippen molar-refractivity contribution in [1.82, 2.24) is 9.80 Å². The molecule has 0 radical (unpaired) electrons. The number of aryl methyl sites for hydroxylation is 1. The maximum atomic E-state index is 13.3. The number of carbonyl (C=O) groups is 3. The molecule has 2 aromatic carbocycles. The smallest absolute Gasteiger partial charge is 0.261 e. The molecule has 0 N–H and O–H groups in total. The molecule has 0 bridgehead atoms. The molecule has 31 heavy (non-hydrogen) atoms. The molecule has 3 amide bonds. The number of hydrogen-bond acceptors (Lipinski definition) is 4. The summed E-state index contributed by atoms with van der Waals surface area (Å²) in [4.78, 5) is 44.0. The van der Waals surface area contributed by atoms with Crippen LogP contribution >= 0.6 is 0 Å². The number of rotatable bonds is 4. The lowest BCUT2D eigenvalue weighted by atomic mass is 9.89. The first-order valence-electron chi connectivity index (χ1n) is 11.0. The van der Waals surface area contributed by atoms with Gasteiger partial charge in [-0.1, -0.05) is 29.8 Å². The van der Waals surface area contributed by atoms with E-state index in [0.717, 1.165) is 25.2 Å². The number of fused-ring (bicyclic) bond motifs is 4. The third-order valence-electron chi connectivity index (χ3n) is 6.87. The Morgan fingerprint density at radius 3 is 2.48 bits per heavy atom. The zero-order valence-corrected chi connectivity index (χ0v) is 18.0. The molecule has 2 atom stereocenters. The molecular formula is C25H27N3O3. The molecule has 1 saturated heterocycles. The summed E-state index contributed by atoms with van der Waals surface area (Å²) in [6.45, 7) is 4.30. The first-order valence-corrected chi connectivity index (χ1v) is 11.0. The molecule has 160 valence electrons. The molecule has 3 aliphatic heterocycles. The summed E-state index contributed by atoms with van der Waals surface area (Å²) >= 11 is 0. The van der Waals surface area contributed by atoms with E-state index in [1.165, 1.54) is 16.0 Å². The second kappa shape index (κ2) is 7.61. The van der Waals surface area contributed by atoms with Crippen molar-refractivity contribution in [2.24, 2.45) is 0 Å². The van der Waals surface area contributed by atoms with Crippen LogP contribution in [0.15, 0.2) is 42.5 Å². The van der Waals surface area contributed by atoms with Gasteiger partial charge in [0.05, 0.1) is 11.1 Å². The number of amides is 3. The van der Waals surface area contributed by atoms with Gasteiger partial charge in [0.25, 0.3) is 11.8 Å². The predicted molar refractivity (Wildman–Crippen MR) is 118 cm³/mol. The Labute approximate surface area is 182 Å². The molecule has 6 nitrogen and oxygen atoms in total. The first kappa shape index (κ1) is 19.9. The maximum absolute atomic E-state index is 13.3.